The van der Waals surface area contributed by atoms with Gasteiger partial charge in [-0.15, -0.1) is 11.6 Å². The van der Waals surface area contributed by atoms with Crippen LogP contribution in [0.5, 0.6) is 0 Å². The molecule has 0 aromatic heterocycles. The van der Waals surface area contributed by atoms with Gasteiger partial charge in [0.15, 0.2) is 0 Å². The Labute approximate surface area is 83.3 Å². The normalized spacial score (nSPS) is 11.8. The number of rotatable bonds is 2. The molecular formula is C10H11ClN2. The minimum absolute atomic E-state index is 0.545. The molecule has 3 heteroatoms. The third-order valence-electron chi connectivity index (χ3n) is 1.82. The van der Waals surface area contributed by atoms with Crippen LogP contribution in [0, 0.1) is 11.3 Å². The predicted molar refractivity (Wildman–Crippen MR) is 55.0 cm³/mol. The Kier molecular flexibility index (Phi) is 3.16. The first-order valence-corrected chi connectivity index (χ1v) is 4.40. The molecule has 0 fully saturated rings. The van der Waals surface area contributed by atoms with Gasteiger partial charge in [0.05, 0.1) is 6.07 Å². The summed E-state index contributed by atoms with van der Waals surface area (Å²) in [7, 11) is 3.94. The molecule has 0 bridgehead atoms. The minimum Gasteiger partial charge on any atom is -0.378 e. The van der Waals surface area contributed by atoms with E-state index < -0.39 is 5.38 Å². The highest BCUT2D eigenvalue weighted by Crippen LogP contribution is 2.21. The van der Waals surface area contributed by atoms with Crippen LogP contribution >= 0.6 is 11.6 Å². The summed E-state index contributed by atoms with van der Waals surface area (Å²) in [5, 5.41) is 8.03. The van der Waals surface area contributed by atoms with E-state index in [2.05, 4.69) is 0 Å². The van der Waals surface area contributed by atoms with Crippen molar-refractivity contribution < 1.29 is 0 Å². The van der Waals surface area contributed by atoms with Crippen molar-refractivity contribution in [2.75, 3.05) is 19.0 Å². The van der Waals surface area contributed by atoms with Gasteiger partial charge in [-0.1, -0.05) is 12.1 Å². The summed E-state index contributed by atoms with van der Waals surface area (Å²) in [5.41, 5.74) is 1.94. The smallest absolute Gasteiger partial charge is 0.145 e. The first-order chi connectivity index (χ1) is 6.15. The Morgan fingerprint density at radius 1 is 1.31 bits per heavy atom. The van der Waals surface area contributed by atoms with Crippen LogP contribution in [0.4, 0.5) is 5.69 Å². The summed E-state index contributed by atoms with van der Waals surface area (Å²) in [6.07, 6.45) is 0. The molecule has 1 atom stereocenters. The van der Waals surface area contributed by atoms with Crippen LogP contribution in [0.2, 0.25) is 0 Å². The van der Waals surface area contributed by atoms with Crippen molar-refractivity contribution in [3.63, 3.8) is 0 Å². The molecule has 0 aliphatic rings. The van der Waals surface area contributed by atoms with E-state index in [9.17, 15) is 0 Å². The predicted octanol–water partition coefficient (Wildman–Crippen LogP) is 2.56. The molecule has 1 unspecified atom stereocenters. The number of anilines is 1. The molecule has 0 heterocycles. The van der Waals surface area contributed by atoms with Crippen LogP contribution in [0.25, 0.3) is 0 Å². The first-order valence-electron chi connectivity index (χ1n) is 3.96. The molecule has 0 saturated carbocycles. The lowest BCUT2D eigenvalue weighted by atomic mass is 10.1. The van der Waals surface area contributed by atoms with Crippen molar-refractivity contribution in [2.24, 2.45) is 0 Å². The lowest BCUT2D eigenvalue weighted by Gasteiger charge is -2.12. The van der Waals surface area contributed by atoms with Gasteiger partial charge in [0.1, 0.15) is 5.38 Å². The van der Waals surface area contributed by atoms with Crippen LogP contribution in [-0.2, 0) is 0 Å². The van der Waals surface area contributed by atoms with Crippen molar-refractivity contribution in [1.29, 1.82) is 5.26 Å². The molecule has 0 radical (unpaired) electrons. The summed E-state index contributed by atoms with van der Waals surface area (Å²) < 4.78 is 0. The van der Waals surface area contributed by atoms with Crippen molar-refractivity contribution >= 4 is 17.3 Å². The maximum atomic E-state index is 8.57. The minimum atomic E-state index is -0.545. The van der Waals surface area contributed by atoms with E-state index in [0.29, 0.717) is 0 Å². The lowest BCUT2D eigenvalue weighted by molar-refractivity contribution is 1.12. The number of alkyl halides is 1. The fraction of sp³-hybridized carbons (Fsp3) is 0.300. The van der Waals surface area contributed by atoms with E-state index in [4.69, 9.17) is 16.9 Å². The number of nitrogens with zero attached hydrogens (tertiary/aromatic N) is 2. The third kappa shape index (κ3) is 2.37. The van der Waals surface area contributed by atoms with Gasteiger partial charge in [0, 0.05) is 19.8 Å². The highest BCUT2D eigenvalue weighted by molar-refractivity contribution is 6.22. The third-order valence-corrected chi connectivity index (χ3v) is 2.17. The molecule has 0 aliphatic heterocycles. The van der Waals surface area contributed by atoms with Gasteiger partial charge in [-0.2, -0.15) is 5.26 Å². The quantitative estimate of drug-likeness (QED) is 0.677. The molecule has 0 spiro atoms. The van der Waals surface area contributed by atoms with Crippen LogP contribution in [0.15, 0.2) is 24.3 Å². The van der Waals surface area contributed by atoms with Crippen molar-refractivity contribution in [3.8, 4) is 6.07 Å². The van der Waals surface area contributed by atoms with E-state index in [-0.39, 0.29) is 0 Å². The molecular weight excluding hydrogens is 184 g/mol. The van der Waals surface area contributed by atoms with E-state index in [0.717, 1.165) is 11.3 Å². The van der Waals surface area contributed by atoms with Gasteiger partial charge in [-0.05, 0) is 17.7 Å². The maximum Gasteiger partial charge on any atom is 0.145 e. The van der Waals surface area contributed by atoms with Gasteiger partial charge in [0.2, 0.25) is 0 Å². The van der Waals surface area contributed by atoms with Crippen molar-refractivity contribution in [2.45, 2.75) is 5.38 Å². The van der Waals surface area contributed by atoms with Crippen molar-refractivity contribution in [3.05, 3.63) is 29.8 Å². The Morgan fingerprint density at radius 2 is 1.85 bits per heavy atom. The second-order valence-corrected chi connectivity index (χ2v) is 3.41. The summed E-state index contributed by atoms with van der Waals surface area (Å²) in [5.74, 6) is 0. The van der Waals surface area contributed by atoms with Gasteiger partial charge in [-0.3, -0.25) is 0 Å². The Hall–Kier alpha value is -1.20. The number of halogens is 1. The average Bonchev–Trinajstić information content (AvgIpc) is 2.17. The number of hydrogen-bond acceptors (Lipinski definition) is 2. The van der Waals surface area contributed by atoms with E-state index in [1.54, 1.807) is 0 Å². The number of nitriles is 1. The van der Waals surface area contributed by atoms with E-state index in [1.807, 2.05) is 49.3 Å². The second kappa shape index (κ2) is 4.15. The fourth-order valence-electron chi connectivity index (χ4n) is 1.02. The summed E-state index contributed by atoms with van der Waals surface area (Å²) in [6.45, 7) is 0. The van der Waals surface area contributed by atoms with Crippen molar-refractivity contribution in [1.82, 2.24) is 0 Å². The van der Waals surface area contributed by atoms with Crippen LogP contribution in [0.1, 0.15) is 10.9 Å². The summed E-state index contributed by atoms with van der Waals surface area (Å²) in [4.78, 5) is 2.00. The molecule has 0 N–H and O–H groups in total. The van der Waals surface area contributed by atoms with Crippen LogP contribution in [0.3, 0.4) is 0 Å². The number of hydrogen-bond donors (Lipinski definition) is 0. The zero-order chi connectivity index (χ0) is 9.84. The van der Waals surface area contributed by atoms with Gasteiger partial charge >= 0.3 is 0 Å². The molecule has 13 heavy (non-hydrogen) atoms. The molecule has 1 aromatic rings. The summed E-state index contributed by atoms with van der Waals surface area (Å²) >= 11 is 5.75. The van der Waals surface area contributed by atoms with Gasteiger partial charge < -0.3 is 4.90 Å². The first kappa shape index (κ1) is 9.88. The molecule has 68 valence electrons. The highest BCUT2D eigenvalue weighted by Gasteiger charge is 2.05. The molecule has 2 nitrogen and oxygen atoms in total. The zero-order valence-corrected chi connectivity index (χ0v) is 8.42. The zero-order valence-electron chi connectivity index (χ0n) is 7.66. The molecule has 0 aliphatic carbocycles. The lowest BCUT2D eigenvalue weighted by Crippen LogP contribution is -2.08. The topological polar surface area (TPSA) is 27.0 Å². The number of benzene rings is 1. The fourth-order valence-corrected chi connectivity index (χ4v) is 1.16. The van der Waals surface area contributed by atoms with Crippen LogP contribution in [-0.4, -0.2) is 14.1 Å². The van der Waals surface area contributed by atoms with Gasteiger partial charge in [-0.25, -0.2) is 0 Å². The summed E-state index contributed by atoms with van der Waals surface area (Å²) in [6, 6.07) is 9.62. The molecule has 1 rings (SSSR count). The maximum absolute atomic E-state index is 8.57. The molecule has 0 saturated heterocycles. The largest absolute Gasteiger partial charge is 0.378 e. The molecule has 1 aromatic carbocycles. The second-order valence-electron chi connectivity index (χ2n) is 2.98. The average molecular weight is 195 g/mol. The highest BCUT2D eigenvalue weighted by atomic mass is 35.5. The van der Waals surface area contributed by atoms with Gasteiger partial charge in [0.25, 0.3) is 0 Å². The Bertz CT molecular complexity index is 311. The standard InChI is InChI=1S/C10H11ClN2/c1-13(2)9-5-3-8(4-6-9)10(11)7-12/h3-6,10H,1-2H3. The van der Waals surface area contributed by atoms with E-state index in [1.165, 1.54) is 0 Å². The Morgan fingerprint density at radius 3 is 2.23 bits per heavy atom. The molecule has 0 amide bonds. The van der Waals surface area contributed by atoms with E-state index >= 15 is 0 Å². The monoisotopic (exact) mass is 194 g/mol. The SMILES string of the molecule is CN(C)c1ccc(C(Cl)C#N)cc1. The Balaban J connectivity index is 2.89. The van der Waals surface area contributed by atoms with Crippen LogP contribution < -0.4 is 4.90 Å².